The summed E-state index contributed by atoms with van der Waals surface area (Å²) in [6.07, 6.45) is -1.29. The minimum absolute atomic E-state index is 0. The van der Waals surface area contributed by atoms with Crippen LogP contribution in [0.1, 0.15) is 0 Å². The zero-order valence-electron chi connectivity index (χ0n) is 5.67. The smallest absolute Gasteiger partial charge is 0.394 e. The van der Waals surface area contributed by atoms with Crippen LogP contribution >= 0.6 is 9.90 Å². The summed E-state index contributed by atoms with van der Waals surface area (Å²) < 4.78 is 31.2. The highest BCUT2D eigenvalue weighted by molar-refractivity contribution is 7.80. The molecule has 0 bridgehead atoms. The Kier molecular flexibility index (Phi) is 7.29. The Morgan fingerprint density at radius 3 is 2.18 bits per heavy atom. The summed E-state index contributed by atoms with van der Waals surface area (Å²) in [6.45, 7) is -1.26. The van der Waals surface area contributed by atoms with E-state index >= 15 is 0 Å². The van der Waals surface area contributed by atoms with Crippen LogP contribution in [0.25, 0.3) is 0 Å². The highest BCUT2D eigenvalue weighted by Crippen LogP contribution is 1.88. The lowest BCUT2D eigenvalue weighted by atomic mass is 10.4. The first-order chi connectivity index (χ1) is 4.45. The molecule has 0 aromatic carbocycles. The van der Waals surface area contributed by atoms with Crippen LogP contribution < -0.4 is 0 Å². The van der Waals surface area contributed by atoms with Crippen LogP contribution in [0, 0.1) is 0 Å². The normalized spacial score (nSPS) is 13.7. The molecule has 6 nitrogen and oxygen atoms in total. The van der Waals surface area contributed by atoms with Crippen molar-refractivity contribution in [2.24, 2.45) is 0 Å². The topological polar surface area (TPSA) is 104 Å². The number of rotatable bonds is 4. The van der Waals surface area contributed by atoms with Crippen LogP contribution in [-0.2, 0) is 14.6 Å². The van der Waals surface area contributed by atoms with Gasteiger partial charge in [-0.25, -0.2) is 4.18 Å². The molecule has 0 aromatic rings. The maximum atomic E-state index is 9.79. The van der Waals surface area contributed by atoms with E-state index < -0.39 is 29.7 Å². The van der Waals surface area contributed by atoms with Gasteiger partial charge in [-0.1, -0.05) is 0 Å². The van der Waals surface area contributed by atoms with Crippen LogP contribution in [-0.4, -0.2) is 42.5 Å². The summed E-state index contributed by atoms with van der Waals surface area (Å²) in [5.41, 5.74) is 0. The predicted molar refractivity (Wildman–Crippen MR) is 41.7 cm³/mol. The summed E-state index contributed by atoms with van der Waals surface area (Å²) >= 11 is 0. The van der Waals surface area contributed by atoms with Crippen molar-refractivity contribution in [2.75, 3.05) is 13.2 Å². The lowest BCUT2D eigenvalue weighted by molar-refractivity contribution is 0.0517. The van der Waals surface area contributed by atoms with Gasteiger partial charge < -0.3 is 10.2 Å². The summed E-state index contributed by atoms with van der Waals surface area (Å²) in [4.78, 5) is 0. The Labute approximate surface area is 67.8 Å². The summed E-state index contributed by atoms with van der Waals surface area (Å²) in [5, 5.41) is 16.6. The number of hydrogen-bond acceptors (Lipinski definition) is 5. The first-order valence-corrected chi connectivity index (χ1v) is 3.73. The van der Waals surface area contributed by atoms with Crippen molar-refractivity contribution < 1.29 is 27.4 Å². The highest BCUT2D eigenvalue weighted by atomic mass is 32.3. The van der Waals surface area contributed by atoms with E-state index in [9.17, 15) is 8.42 Å². The fraction of sp³-hybridized carbons (Fsp3) is 1.00. The van der Waals surface area contributed by atoms with Gasteiger partial charge >= 0.3 is 10.4 Å². The zero-order chi connectivity index (χ0) is 8.20. The van der Waals surface area contributed by atoms with Gasteiger partial charge in [0.15, 0.2) is 0 Å². The third kappa shape index (κ3) is 10.2. The average Bonchev–Trinajstić information content (AvgIpc) is 1.81. The van der Waals surface area contributed by atoms with Crippen molar-refractivity contribution in [3.63, 3.8) is 0 Å². The van der Waals surface area contributed by atoms with Gasteiger partial charge in [-0.05, 0) is 0 Å². The van der Waals surface area contributed by atoms with Gasteiger partial charge in [-0.3, -0.25) is 4.55 Å². The van der Waals surface area contributed by atoms with Crippen molar-refractivity contribution in [2.45, 2.75) is 6.10 Å². The first kappa shape index (κ1) is 13.8. The molecule has 0 amide bonds. The molecule has 0 aliphatic carbocycles. The average molecular weight is 206 g/mol. The summed E-state index contributed by atoms with van der Waals surface area (Å²) in [6, 6.07) is 0. The summed E-state index contributed by atoms with van der Waals surface area (Å²) in [5.74, 6) is 0. The monoisotopic (exact) mass is 206 g/mol. The minimum Gasteiger partial charge on any atom is -0.394 e. The molecule has 0 aliphatic rings. The van der Waals surface area contributed by atoms with Gasteiger partial charge in [0.25, 0.3) is 0 Å². The minimum atomic E-state index is -4.50. The molecule has 0 fully saturated rings. The quantitative estimate of drug-likeness (QED) is 0.371. The summed E-state index contributed by atoms with van der Waals surface area (Å²) in [7, 11) is -4.50. The Balaban J connectivity index is 0. The first-order valence-electron chi connectivity index (χ1n) is 2.36. The molecule has 3 N–H and O–H groups in total. The fourth-order valence-corrected chi connectivity index (χ4v) is 0.546. The van der Waals surface area contributed by atoms with Crippen LogP contribution in [0.15, 0.2) is 0 Å². The van der Waals surface area contributed by atoms with E-state index in [1.54, 1.807) is 0 Å². The van der Waals surface area contributed by atoms with Gasteiger partial charge in [-0.15, -0.1) is 0 Å². The van der Waals surface area contributed by atoms with Crippen molar-refractivity contribution in [3.8, 4) is 0 Å². The van der Waals surface area contributed by atoms with E-state index in [0.29, 0.717) is 0 Å². The molecular formula is C3H11O6PS. The zero-order valence-corrected chi connectivity index (χ0v) is 7.90. The maximum absolute atomic E-state index is 9.79. The van der Waals surface area contributed by atoms with Crippen LogP contribution in [0.2, 0.25) is 0 Å². The van der Waals surface area contributed by atoms with Gasteiger partial charge in [0, 0.05) is 0 Å². The molecule has 0 saturated heterocycles. The number of aliphatic hydroxyl groups is 2. The second kappa shape index (κ2) is 5.82. The molecule has 0 rings (SSSR count). The molecule has 0 aromatic heterocycles. The lowest BCUT2D eigenvalue weighted by Gasteiger charge is -2.03. The molecule has 0 saturated carbocycles. The molecule has 8 heteroatoms. The van der Waals surface area contributed by atoms with Crippen molar-refractivity contribution in [1.82, 2.24) is 0 Å². The molecule has 2 atom stereocenters. The van der Waals surface area contributed by atoms with Crippen molar-refractivity contribution in [3.05, 3.63) is 0 Å². The second-order valence-corrected chi connectivity index (χ2v) is 2.64. The largest absolute Gasteiger partial charge is 0.397 e. The van der Waals surface area contributed by atoms with Crippen LogP contribution in [0.4, 0.5) is 0 Å². The molecule has 0 spiro atoms. The van der Waals surface area contributed by atoms with Crippen molar-refractivity contribution in [1.29, 1.82) is 0 Å². The van der Waals surface area contributed by atoms with E-state index in [4.69, 9.17) is 14.8 Å². The Bertz CT molecular complexity index is 176. The highest BCUT2D eigenvalue weighted by Gasteiger charge is 2.08. The van der Waals surface area contributed by atoms with E-state index in [-0.39, 0.29) is 9.90 Å². The van der Waals surface area contributed by atoms with Gasteiger partial charge in [0.2, 0.25) is 0 Å². The van der Waals surface area contributed by atoms with E-state index in [1.807, 2.05) is 0 Å². The molecule has 70 valence electrons. The van der Waals surface area contributed by atoms with E-state index in [2.05, 4.69) is 4.18 Å². The van der Waals surface area contributed by atoms with Gasteiger partial charge in [0.05, 0.1) is 13.2 Å². The Morgan fingerprint density at radius 2 is 1.91 bits per heavy atom. The lowest BCUT2D eigenvalue weighted by Crippen LogP contribution is -2.21. The Morgan fingerprint density at radius 1 is 1.45 bits per heavy atom. The number of aliphatic hydroxyl groups excluding tert-OH is 2. The number of hydrogen-bond donors (Lipinski definition) is 3. The molecule has 0 aliphatic heterocycles. The predicted octanol–water partition coefficient (Wildman–Crippen LogP) is -1.78. The SMILES string of the molecule is O=S(=O)(O)OCC(O)CO.P. The molecule has 11 heavy (non-hydrogen) atoms. The fourth-order valence-electron chi connectivity index (χ4n) is 0.217. The molecule has 0 heterocycles. The van der Waals surface area contributed by atoms with Gasteiger partial charge in [-0.2, -0.15) is 18.3 Å². The van der Waals surface area contributed by atoms with E-state index in [0.717, 1.165) is 0 Å². The van der Waals surface area contributed by atoms with Crippen LogP contribution in [0.3, 0.4) is 0 Å². The molecule has 2 unspecified atom stereocenters. The second-order valence-electron chi connectivity index (χ2n) is 1.55. The molecule has 0 radical (unpaired) electrons. The third-order valence-corrected chi connectivity index (χ3v) is 1.05. The Hall–Kier alpha value is 0.220. The van der Waals surface area contributed by atoms with Crippen molar-refractivity contribution >= 4 is 20.3 Å². The maximum Gasteiger partial charge on any atom is 0.397 e. The van der Waals surface area contributed by atoms with Crippen LogP contribution in [0.5, 0.6) is 0 Å². The van der Waals surface area contributed by atoms with Gasteiger partial charge in [0.1, 0.15) is 6.10 Å². The standard InChI is InChI=1S/C3H8O6S.H3P/c4-1-3(5)2-9-10(6,7)8;/h3-5H,1-2H2,(H,6,7,8);1H3. The molecular weight excluding hydrogens is 195 g/mol. The van der Waals surface area contributed by atoms with E-state index in [1.165, 1.54) is 0 Å². The third-order valence-electron chi connectivity index (χ3n) is 0.620.